The van der Waals surface area contributed by atoms with Gasteiger partial charge in [0, 0.05) is 23.6 Å². The fourth-order valence-electron chi connectivity index (χ4n) is 0.423. The van der Waals surface area contributed by atoms with Gasteiger partial charge in [0.05, 0.1) is 0 Å². The Bertz CT molecular complexity index is 310. The molecule has 0 radical (unpaired) electrons. The van der Waals surface area contributed by atoms with E-state index in [2.05, 4.69) is 15.0 Å². The SMILES string of the molecule is O=c1nc(N(Cl)Cl)nc(Cl)[nH]1. The molecule has 1 aromatic rings. The van der Waals surface area contributed by atoms with Crippen molar-refractivity contribution >= 4 is 41.1 Å². The highest BCUT2D eigenvalue weighted by Gasteiger charge is 2.05. The van der Waals surface area contributed by atoms with Crippen molar-refractivity contribution in [1.82, 2.24) is 15.0 Å². The zero-order valence-corrected chi connectivity index (χ0v) is 7.15. The fraction of sp³-hybridized carbons (Fsp3) is 0. The maximum atomic E-state index is 10.6. The summed E-state index contributed by atoms with van der Waals surface area (Å²) in [5, 5.41) is -0.119. The summed E-state index contributed by atoms with van der Waals surface area (Å²) in [5.41, 5.74) is -0.661. The average molecular weight is 215 g/mol. The Balaban J connectivity index is 3.19. The first-order valence-electron chi connectivity index (χ1n) is 2.35. The van der Waals surface area contributed by atoms with Crippen molar-refractivity contribution in [3.8, 4) is 0 Å². The molecular weight excluding hydrogens is 214 g/mol. The van der Waals surface area contributed by atoms with Crippen molar-refractivity contribution in [2.24, 2.45) is 0 Å². The first-order chi connectivity index (χ1) is 5.09. The average Bonchev–Trinajstić information content (AvgIpc) is 1.85. The lowest BCUT2D eigenvalue weighted by molar-refractivity contribution is 0.987. The Kier molecular flexibility index (Phi) is 2.53. The topological polar surface area (TPSA) is 61.9 Å². The molecule has 0 aliphatic heterocycles. The van der Waals surface area contributed by atoms with Crippen molar-refractivity contribution in [3.63, 3.8) is 0 Å². The lowest BCUT2D eigenvalue weighted by Gasteiger charge is -2.00. The first-order valence-corrected chi connectivity index (χ1v) is 3.40. The predicted molar refractivity (Wildman–Crippen MR) is 41.8 cm³/mol. The highest BCUT2D eigenvalue weighted by Crippen LogP contribution is 2.11. The zero-order chi connectivity index (χ0) is 8.43. The molecule has 1 aromatic heterocycles. The van der Waals surface area contributed by atoms with E-state index in [1.807, 2.05) is 0 Å². The molecule has 0 unspecified atom stereocenters. The maximum Gasteiger partial charge on any atom is 0.350 e. The van der Waals surface area contributed by atoms with Gasteiger partial charge in [-0.15, -0.1) is 0 Å². The summed E-state index contributed by atoms with van der Waals surface area (Å²) >= 11 is 15.8. The van der Waals surface area contributed by atoms with Crippen LogP contribution >= 0.6 is 35.2 Å². The summed E-state index contributed by atoms with van der Waals surface area (Å²) in [6.45, 7) is 0. The van der Waals surface area contributed by atoms with Crippen LogP contribution in [0.2, 0.25) is 5.28 Å². The highest BCUT2D eigenvalue weighted by atomic mass is 35.5. The number of rotatable bonds is 1. The number of nitrogens with one attached hydrogen (secondary N) is 1. The number of halogens is 3. The monoisotopic (exact) mass is 214 g/mol. The lowest BCUT2D eigenvalue weighted by atomic mass is 11.0. The predicted octanol–water partition coefficient (Wildman–Crippen LogP) is 0.932. The van der Waals surface area contributed by atoms with Gasteiger partial charge in [0.25, 0.3) is 5.95 Å². The number of hydrogen-bond acceptors (Lipinski definition) is 4. The van der Waals surface area contributed by atoms with Crippen molar-refractivity contribution in [2.75, 3.05) is 3.94 Å². The van der Waals surface area contributed by atoms with Crippen LogP contribution in [0.25, 0.3) is 0 Å². The number of nitrogens with zero attached hydrogens (tertiary/aromatic N) is 3. The van der Waals surface area contributed by atoms with Crippen molar-refractivity contribution in [2.45, 2.75) is 0 Å². The normalized spacial score (nSPS) is 9.73. The standard InChI is InChI=1S/C3HCl3N4O/c4-1-7-2(10(5)6)9-3(11)8-1/h(H,7,8,9,11). The van der Waals surface area contributed by atoms with Crippen LogP contribution in [0.1, 0.15) is 0 Å². The van der Waals surface area contributed by atoms with Gasteiger partial charge in [-0.25, -0.2) is 4.79 Å². The molecule has 1 rings (SSSR count). The van der Waals surface area contributed by atoms with E-state index in [0.29, 0.717) is 3.94 Å². The second-order valence-corrected chi connectivity index (χ2v) is 2.68. The van der Waals surface area contributed by atoms with Crippen LogP contribution in [0, 0.1) is 0 Å². The number of H-pyrrole nitrogens is 1. The van der Waals surface area contributed by atoms with Crippen LogP contribution in [0.5, 0.6) is 0 Å². The molecule has 0 fully saturated rings. The fourth-order valence-corrected chi connectivity index (χ4v) is 0.731. The number of aromatic amines is 1. The van der Waals surface area contributed by atoms with Crippen LogP contribution < -0.4 is 9.63 Å². The molecule has 0 bridgehead atoms. The van der Waals surface area contributed by atoms with Crippen molar-refractivity contribution in [1.29, 1.82) is 0 Å². The van der Waals surface area contributed by atoms with E-state index in [4.69, 9.17) is 35.2 Å². The molecule has 0 spiro atoms. The largest absolute Gasteiger partial charge is 0.350 e. The van der Waals surface area contributed by atoms with Crippen LogP contribution in [0.15, 0.2) is 4.79 Å². The van der Waals surface area contributed by atoms with E-state index in [1.165, 1.54) is 0 Å². The molecule has 1 heterocycles. The third kappa shape index (κ3) is 2.21. The van der Waals surface area contributed by atoms with Gasteiger partial charge in [0.1, 0.15) is 0 Å². The van der Waals surface area contributed by atoms with Crippen LogP contribution in [-0.4, -0.2) is 15.0 Å². The minimum atomic E-state index is -0.661. The molecular formula is C3HCl3N4O. The summed E-state index contributed by atoms with van der Waals surface area (Å²) in [6, 6.07) is 0. The lowest BCUT2D eigenvalue weighted by Crippen LogP contribution is -2.15. The summed E-state index contributed by atoms with van der Waals surface area (Å²) in [6.07, 6.45) is 0. The van der Waals surface area contributed by atoms with Crippen LogP contribution in [-0.2, 0) is 0 Å². The first kappa shape index (κ1) is 8.58. The number of anilines is 1. The van der Waals surface area contributed by atoms with Crippen LogP contribution in [0.4, 0.5) is 5.95 Å². The molecule has 11 heavy (non-hydrogen) atoms. The van der Waals surface area contributed by atoms with E-state index < -0.39 is 5.69 Å². The Morgan fingerprint density at radius 2 is 2.00 bits per heavy atom. The third-order valence-electron chi connectivity index (χ3n) is 0.761. The molecule has 0 amide bonds. The van der Waals surface area contributed by atoms with Gasteiger partial charge in [-0.2, -0.15) is 13.9 Å². The molecule has 60 valence electrons. The zero-order valence-electron chi connectivity index (χ0n) is 4.88. The van der Waals surface area contributed by atoms with Crippen LogP contribution in [0.3, 0.4) is 0 Å². The molecule has 0 atom stereocenters. The Morgan fingerprint density at radius 3 is 2.45 bits per heavy atom. The van der Waals surface area contributed by atoms with Gasteiger partial charge in [0.2, 0.25) is 5.28 Å². The Hall–Kier alpha value is -0.520. The van der Waals surface area contributed by atoms with E-state index in [-0.39, 0.29) is 11.2 Å². The van der Waals surface area contributed by atoms with E-state index >= 15 is 0 Å². The molecule has 0 saturated heterocycles. The van der Waals surface area contributed by atoms with Gasteiger partial charge in [-0.05, 0) is 11.6 Å². The summed E-state index contributed by atoms with van der Waals surface area (Å²) in [7, 11) is 0. The molecule has 5 nitrogen and oxygen atoms in total. The van der Waals surface area contributed by atoms with Crippen molar-refractivity contribution < 1.29 is 0 Å². The maximum absolute atomic E-state index is 10.6. The molecule has 0 saturated carbocycles. The second kappa shape index (κ2) is 3.25. The molecule has 0 aliphatic rings. The highest BCUT2D eigenvalue weighted by molar-refractivity contribution is 6.48. The Labute approximate surface area is 76.1 Å². The smallest absolute Gasteiger partial charge is 0.280 e. The van der Waals surface area contributed by atoms with Crippen molar-refractivity contribution in [3.05, 3.63) is 15.8 Å². The molecule has 1 N–H and O–H groups in total. The van der Waals surface area contributed by atoms with E-state index in [0.717, 1.165) is 0 Å². The van der Waals surface area contributed by atoms with Gasteiger partial charge in [0.15, 0.2) is 0 Å². The quantitative estimate of drug-likeness (QED) is 0.708. The minimum Gasteiger partial charge on any atom is -0.280 e. The molecule has 0 aliphatic carbocycles. The molecule has 0 aromatic carbocycles. The van der Waals surface area contributed by atoms with Gasteiger partial charge >= 0.3 is 5.69 Å². The summed E-state index contributed by atoms with van der Waals surface area (Å²) < 4.78 is 0.543. The Morgan fingerprint density at radius 1 is 1.36 bits per heavy atom. The van der Waals surface area contributed by atoms with Gasteiger partial charge in [-0.1, -0.05) is 0 Å². The van der Waals surface area contributed by atoms with Gasteiger partial charge in [-0.3, -0.25) is 4.98 Å². The summed E-state index contributed by atoms with van der Waals surface area (Å²) in [5.74, 6) is -0.165. The minimum absolute atomic E-state index is 0.119. The number of hydrogen-bond donors (Lipinski definition) is 1. The van der Waals surface area contributed by atoms with E-state index in [9.17, 15) is 4.79 Å². The van der Waals surface area contributed by atoms with E-state index in [1.54, 1.807) is 0 Å². The summed E-state index contributed by atoms with van der Waals surface area (Å²) in [4.78, 5) is 19.5. The third-order valence-corrected chi connectivity index (χ3v) is 1.24. The molecule has 8 heteroatoms. The second-order valence-electron chi connectivity index (χ2n) is 1.48. The number of aromatic nitrogens is 3. The van der Waals surface area contributed by atoms with Gasteiger partial charge < -0.3 is 0 Å².